The number of piperidine rings is 1. The van der Waals surface area contributed by atoms with Gasteiger partial charge >= 0.3 is 0 Å². The number of nitrogens with zero attached hydrogens (tertiary/aromatic N) is 2. The molecule has 29 heavy (non-hydrogen) atoms. The summed E-state index contributed by atoms with van der Waals surface area (Å²) in [7, 11) is -2.50. The van der Waals surface area contributed by atoms with Gasteiger partial charge in [0.2, 0.25) is 0 Å². The van der Waals surface area contributed by atoms with Gasteiger partial charge in [-0.3, -0.25) is 13.9 Å². The maximum Gasteiger partial charge on any atom is 0.253 e. The van der Waals surface area contributed by atoms with E-state index in [1.54, 1.807) is 0 Å². The average molecular weight is 416 g/mol. The summed E-state index contributed by atoms with van der Waals surface area (Å²) in [4.78, 5) is 18.8. The molecule has 154 valence electrons. The number of carbonyl (C=O) groups excluding carboxylic acids is 1. The number of hydrogen-bond donors (Lipinski definition) is 3. The average Bonchev–Trinajstić information content (AvgIpc) is 3.19. The fourth-order valence-corrected chi connectivity index (χ4v) is 6.08. The molecule has 3 aliphatic rings. The number of anilines is 1. The number of aromatic nitrogens is 1. The Kier molecular flexibility index (Phi) is 4.45. The lowest BCUT2D eigenvalue weighted by Gasteiger charge is -2.34. The standard InChI is InChI=1S/C21H25N3O4S/c1-13-8-18-19(10-22-21(18)25)23-20(13)24-6-4-16(5-7-24)28-17-3-2-14-11-29(26,27)12-15(14)9-17/h2-3,8-9,16,26-27H,4-7,10-12H2,1H3,(H,22,25). The summed E-state index contributed by atoms with van der Waals surface area (Å²) < 4.78 is 26.0. The van der Waals surface area contributed by atoms with Crippen molar-refractivity contribution in [3.8, 4) is 5.75 Å². The molecular weight excluding hydrogens is 390 g/mol. The Morgan fingerprint density at radius 2 is 1.93 bits per heavy atom. The first-order valence-corrected chi connectivity index (χ1v) is 11.8. The highest BCUT2D eigenvalue weighted by molar-refractivity contribution is 8.23. The van der Waals surface area contributed by atoms with Crippen molar-refractivity contribution >= 4 is 22.3 Å². The van der Waals surface area contributed by atoms with Gasteiger partial charge in [0.1, 0.15) is 17.7 Å². The van der Waals surface area contributed by atoms with Crippen LogP contribution >= 0.6 is 10.6 Å². The molecule has 1 aromatic carbocycles. The number of nitrogens with one attached hydrogen (secondary N) is 1. The van der Waals surface area contributed by atoms with E-state index < -0.39 is 10.6 Å². The van der Waals surface area contributed by atoms with Gasteiger partial charge in [-0.2, -0.15) is 10.6 Å². The molecule has 0 saturated carbocycles. The van der Waals surface area contributed by atoms with Crippen LogP contribution < -0.4 is 15.0 Å². The Bertz CT molecular complexity index is 986. The van der Waals surface area contributed by atoms with Gasteiger partial charge in [0.25, 0.3) is 5.91 Å². The number of rotatable bonds is 3. The fourth-order valence-electron chi connectivity index (χ4n) is 4.43. The zero-order chi connectivity index (χ0) is 20.2. The number of amides is 1. The summed E-state index contributed by atoms with van der Waals surface area (Å²) in [5, 5.41) is 2.83. The Morgan fingerprint density at radius 3 is 2.72 bits per heavy atom. The van der Waals surface area contributed by atoms with Crippen LogP contribution in [-0.4, -0.2) is 39.2 Å². The number of fused-ring (bicyclic) bond motifs is 2. The minimum Gasteiger partial charge on any atom is -0.490 e. The lowest BCUT2D eigenvalue weighted by molar-refractivity contribution is 0.0965. The lowest BCUT2D eigenvalue weighted by atomic mass is 10.1. The second kappa shape index (κ2) is 6.90. The molecule has 0 unspecified atom stereocenters. The van der Waals surface area contributed by atoms with Crippen molar-refractivity contribution in [2.24, 2.45) is 0 Å². The number of ether oxygens (including phenoxy) is 1. The SMILES string of the molecule is Cc1cc2c(nc1N1CCC(Oc3ccc4c(c3)CS(O)(O)C4)CC1)CNC2=O. The summed E-state index contributed by atoms with van der Waals surface area (Å²) in [5.41, 5.74) is 4.55. The van der Waals surface area contributed by atoms with E-state index in [-0.39, 0.29) is 12.0 Å². The topological polar surface area (TPSA) is 94.9 Å². The Hall–Kier alpha value is -2.29. The van der Waals surface area contributed by atoms with Crippen LogP contribution in [0.1, 0.15) is 45.6 Å². The summed E-state index contributed by atoms with van der Waals surface area (Å²) in [6.07, 6.45) is 1.91. The zero-order valence-corrected chi connectivity index (χ0v) is 17.2. The Balaban J connectivity index is 1.24. The van der Waals surface area contributed by atoms with Crippen LogP contribution in [0.3, 0.4) is 0 Å². The molecule has 0 atom stereocenters. The van der Waals surface area contributed by atoms with Crippen molar-refractivity contribution in [3.05, 3.63) is 52.2 Å². The second-order valence-electron chi connectivity index (χ2n) is 8.13. The predicted octanol–water partition coefficient (Wildman–Crippen LogP) is 3.45. The van der Waals surface area contributed by atoms with Crippen LogP contribution in [0.25, 0.3) is 0 Å². The third-order valence-corrected chi connectivity index (χ3v) is 7.47. The van der Waals surface area contributed by atoms with Crippen molar-refractivity contribution in [3.63, 3.8) is 0 Å². The van der Waals surface area contributed by atoms with E-state index in [1.165, 1.54) is 0 Å². The first kappa shape index (κ1) is 18.7. The van der Waals surface area contributed by atoms with E-state index in [2.05, 4.69) is 10.2 Å². The van der Waals surface area contributed by atoms with Crippen molar-refractivity contribution in [1.29, 1.82) is 0 Å². The molecule has 1 fully saturated rings. The minimum atomic E-state index is -2.50. The van der Waals surface area contributed by atoms with Crippen LogP contribution in [-0.2, 0) is 18.1 Å². The van der Waals surface area contributed by atoms with E-state index in [9.17, 15) is 13.9 Å². The van der Waals surface area contributed by atoms with Crippen molar-refractivity contribution in [2.75, 3.05) is 18.0 Å². The lowest BCUT2D eigenvalue weighted by Crippen LogP contribution is -2.39. The summed E-state index contributed by atoms with van der Waals surface area (Å²) in [6, 6.07) is 7.78. The summed E-state index contributed by atoms with van der Waals surface area (Å²) in [5.74, 6) is 2.41. The molecule has 0 spiro atoms. The molecular formula is C21H25N3O4S. The molecule has 8 heteroatoms. The third-order valence-electron chi connectivity index (χ3n) is 5.92. The third kappa shape index (κ3) is 3.56. The Morgan fingerprint density at radius 1 is 1.17 bits per heavy atom. The number of aryl methyl sites for hydroxylation is 1. The molecule has 3 N–H and O–H groups in total. The fraction of sp³-hybridized carbons (Fsp3) is 0.429. The van der Waals surface area contributed by atoms with Crippen LogP contribution in [0.5, 0.6) is 5.75 Å². The molecule has 4 heterocycles. The molecule has 1 amide bonds. The molecule has 3 aliphatic heterocycles. The van der Waals surface area contributed by atoms with Crippen LogP contribution in [0.2, 0.25) is 0 Å². The number of pyridine rings is 1. The zero-order valence-electron chi connectivity index (χ0n) is 16.4. The number of carbonyl (C=O) groups is 1. The first-order chi connectivity index (χ1) is 13.9. The largest absolute Gasteiger partial charge is 0.490 e. The smallest absolute Gasteiger partial charge is 0.253 e. The molecule has 2 aromatic rings. The van der Waals surface area contributed by atoms with E-state index in [0.29, 0.717) is 23.6 Å². The van der Waals surface area contributed by atoms with E-state index in [1.807, 2.05) is 31.2 Å². The minimum absolute atomic E-state index is 0.0372. The molecule has 5 rings (SSSR count). The summed E-state index contributed by atoms with van der Waals surface area (Å²) >= 11 is 0. The molecule has 0 aliphatic carbocycles. The second-order valence-corrected chi connectivity index (χ2v) is 10.3. The van der Waals surface area contributed by atoms with Crippen LogP contribution in [0, 0.1) is 6.92 Å². The van der Waals surface area contributed by atoms with Gasteiger partial charge in [-0.25, -0.2) is 4.98 Å². The number of benzene rings is 1. The predicted molar refractivity (Wildman–Crippen MR) is 113 cm³/mol. The first-order valence-electron chi connectivity index (χ1n) is 9.94. The van der Waals surface area contributed by atoms with Gasteiger partial charge in [0, 0.05) is 25.9 Å². The maximum atomic E-state index is 11.8. The normalized spacial score (nSPS) is 21.5. The van der Waals surface area contributed by atoms with Crippen molar-refractivity contribution in [1.82, 2.24) is 10.3 Å². The number of hydrogen-bond acceptors (Lipinski definition) is 6. The molecule has 7 nitrogen and oxygen atoms in total. The van der Waals surface area contributed by atoms with Crippen molar-refractivity contribution < 1.29 is 18.6 Å². The highest BCUT2D eigenvalue weighted by Crippen LogP contribution is 2.53. The van der Waals surface area contributed by atoms with Gasteiger partial charge in [-0.15, -0.1) is 0 Å². The summed E-state index contributed by atoms with van der Waals surface area (Å²) in [6.45, 7) is 4.21. The highest BCUT2D eigenvalue weighted by Gasteiger charge is 2.28. The van der Waals surface area contributed by atoms with Gasteiger partial charge < -0.3 is 15.0 Å². The van der Waals surface area contributed by atoms with Gasteiger partial charge in [0.05, 0.1) is 29.3 Å². The Labute approximate surface area is 171 Å². The maximum absolute atomic E-state index is 11.8. The van der Waals surface area contributed by atoms with Gasteiger partial charge in [0.15, 0.2) is 0 Å². The van der Waals surface area contributed by atoms with Crippen molar-refractivity contribution in [2.45, 2.75) is 43.9 Å². The molecule has 1 saturated heterocycles. The van der Waals surface area contributed by atoms with Crippen LogP contribution in [0.15, 0.2) is 24.3 Å². The molecule has 0 radical (unpaired) electrons. The van der Waals surface area contributed by atoms with E-state index in [0.717, 1.165) is 59.9 Å². The molecule has 1 aromatic heterocycles. The molecule has 0 bridgehead atoms. The van der Waals surface area contributed by atoms with Gasteiger partial charge in [-0.05, 0) is 41.8 Å². The van der Waals surface area contributed by atoms with E-state index >= 15 is 0 Å². The quantitative estimate of drug-likeness (QED) is 0.711. The van der Waals surface area contributed by atoms with Gasteiger partial charge in [-0.1, -0.05) is 6.07 Å². The monoisotopic (exact) mass is 415 g/mol. The highest BCUT2D eigenvalue weighted by atomic mass is 32.3. The van der Waals surface area contributed by atoms with E-state index in [4.69, 9.17) is 9.72 Å². The van der Waals surface area contributed by atoms with Crippen LogP contribution in [0.4, 0.5) is 5.82 Å².